The van der Waals surface area contributed by atoms with Gasteiger partial charge in [-0.1, -0.05) is 23.7 Å². The summed E-state index contributed by atoms with van der Waals surface area (Å²) in [5.41, 5.74) is 8.12. The van der Waals surface area contributed by atoms with Gasteiger partial charge in [0.25, 0.3) is 0 Å². The molecule has 0 aliphatic heterocycles. The summed E-state index contributed by atoms with van der Waals surface area (Å²) in [6.07, 6.45) is 0. The molecule has 0 bridgehead atoms. The molecule has 0 atom stereocenters. The van der Waals surface area contributed by atoms with Gasteiger partial charge in [0.05, 0.1) is 16.6 Å². The lowest BCUT2D eigenvalue weighted by molar-refractivity contribution is 0.206. The lowest BCUT2D eigenvalue weighted by Gasteiger charge is -2.02. The van der Waals surface area contributed by atoms with Crippen LogP contribution in [-0.2, 0) is 0 Å². The van der Waals surface area contributed by atoms with Crippen LogP contribution in [0.4, 0.5) is 5.82 Å². The van der Waals surface area contributed by atoms with Crippen molar-refractivity contribution in [1.82, 2.24) is 4.73 Å². The molecule has 0 spiro atoms. The van der Waals surface area contributed by atoms with E-state index in [4.69, 9.17) is 27.9 Å². The molecule has 0 unspecified atom stereocenters. The second-order valence-corrected chi connectivity index (χ2v) is 5.15. The maximum absolute atomic E-state index is 10.2. The number of benzene rings is 2. The van der Waals surface area contributed by atoms with Crippen LogP contribution in [0, 0.1) is 22.7 Å². The first kappa shape index (κ1) is 13.8. The molecule has 0 aliphatic carbocycles. The molecule has 1 heterocycles. The monoisotopic (exact) mass is 308 g/mol. The van der Waals surface area contributed by atoms with Crippen molar-refractivity contribution in [2.75, 3.05) is 5.73 Å². The lowest BCUT2D eigenvalue weighted by atomic mass is 10.0. The van der Waals surface area contributed by atoms with Crippen LogP contribution in [0.3, 0.4) is 0 Å². The number of nitrogen functional groups attached to an aromatic ring is 1. The number of fused-ring (bicyclic) bond motifs is 1. The molecule has 0 saturated carbocycles. The molecular weight excluding hydrogens is 300 g/mol. The van der Waals surface area contributed by atoms with Crippen LogP contribution >= 0.6 is 11.6 Å². The van der Waals surface area contributed by atoms with Crippen molar-refractivity contribution in [1.29, 1.82) is 10.5 Å². The first-order chi connectivity index (χ1) is 10.6. The average Bonchev–Trinajstić information content (AvgIpc) is 2.78. The van der Waals surface area contributed by atoms with Crippen molar-refractivity contribution in [3.8, 4) is 23.3 Å². The maximum atomic E-state index is 10.2. The van der Waals surface area contributed by atoms with Crippen LogP contribution in [0.2, 0.25) is 5.02 Å². The van der Waals surface area contributed by atoms with Gasteiger partial charge in [-0.3, -0.25) is 0 Å². The van der Waals surface area contributed by atoms with Crippen LogP contribution in [0.15, 0.2) is 36.4 Å². The third-order valence-corrected chi connectivity index (χ3v) is 3.74. The fraction of sp³-hybridized carbons (Fsp3) is 0. The van der Waals surface area contributed by atoms with Crippen molar-refractivity contribution < 1.29 is 5.21 Å². The van der Waals surface area contributed by atoms with Gasteiger partial charge in [-0.25, -0.2) is 0 Å². The molecule has 22 heavy (non-hydrogen) atoms. The Labute approximate surface area is 130 Å². The van der Waals surface area contributed by atoms with Crippen LogP contribution in [0.5, 0.6) is 0 Å². The van der Waals surface area contributed by atoms with Crippen molar-refractivity contribution in [3.05, 3.63) is 52.5 Å². The number of rotatable bonds is 1. The largest absolute Gasteiger partial charge is 0.426 e. The van der Waals surface area contributed by atoms with E-state index in [1.165, 1.54) is 6.07 Å². The highest BCUT2D eigenvalue weighted by molar-refractivity contribution is 6.30. The smallest absolute Gasteiger partial charge is 0.148 e. The van der Waals surface area contributed by atoms with Gasteiger partial charge < -0.3 is 10.9 Å². The van der Waals surface area contributed by atoms with E-state index in [0.29, 0.717) is 21.5 Å². The van der Waals surface area contributed by atoms with Crippen molar-refractivity contribution >= 4 is 28.3 Å². The van der Waals surface area contributed by atoms with Gasteiger partial charge in [-0.05, 0) is 29.8 Å². The Hall–Kier alpha value is -3.15. The Bertz CT molecular complexity index is 975. The molecule has 0 fully saturated rings. The Morgan fingerprint density at radius 3 is 2.23 bits per heavy atom. The summed E-state index contributed by atoms with van der Waals surface area (Å²) in [5.74, 6) is 0.135. The van der Waals surface area contributed by atoms with E-state index in [0.717, 1.165) is 10.3 Å². The van der Waals surface area contributed by atoms with Gasteiger partial charge in [0.15, 0.2) is 0 Å². The summed E-state index contributed by atoms with van der Waals surface area (Å²) in [5, 5.41) is 29.6. The number of aromatic nitrogens is 1. The quantitative estimate of drug-likeness (QED) is 0.672. The van der Waals surface area contributed by atoms with E-state index in [1.54, 1.807) is 30.3 Å². The summed E-state index contributed by atoms with van der Waals surface area (Å²) >= 11 is 5.88. The summed E-state index contributed by atoms with van der Waals surface area (Å²) in [6.45, 7) is 0. The summed E-state index contributed by atoms with van der Waals surface area (Å²) < 4.78 is 0.821. The van der Waals surface area contributed by atoms with E-state index in [9.17, 15) is 5.21 Å². The molecule has 3 rings (SSSR count). The number of nitriles is 2. The van der Waals surface area contributed by atoms with E-state index < -0.39 is 0 Å². The molecule has 5 nitrogen and oxygen atoms in total. The molecule has 0 aliphatic rings. The minimum absolute atomic E-state index is 0.135. The maximum Gasteiger partial charge on any atom is 0.148 e. The van der Waals surface area contributed by atoms with E-state index in [-0.39, 0.29) is 16.9 Å². The molecule has 3 aromatic rings. The number of hydrogen-bond donors (Lipinski definition) is 2. The Balaban J connectivity index is 2.41. The topological polar surface area (TPSA) is 98.8 Å². The van der Waals surface area contributed by atoms with Crippen molar-refractivity contribution in [3.63, 3.8) is 0 Å². The molecular formula is C16H9ClN4O. The van der Waals surface area contributed by atoms with Gasteiger partial charge in [0, 0.05) is 16.0 Å². The van der Waals surface area contributed by atoms with Crippen molar-refractivity contribution in [2.45, 2.75) is 0 Å². The van der Waals surface area contributed by atoms with Gasteiger partial charge >= 0.3 is 0 Å². The minimum Gasteiger partial charge on any atom is -0.426 e. The molecule has 0 radical (unpaired) electrons. The first-order valence-electron chi connectivity index (χ1n) is 6.30. The highest BCUT2D eigenvalue weighted by Gasteiger charge is 2.18. The molecule has 3 N–H and O–H groups in total. The van der Waals surface area contributed by atoms with Crippen LogP contribution in [0.1, 0.15) is 11.1 Å². The highest BCUT2D eigenvalue weighted by Crippen LogP contribution is 2.37. The Morgan fingerprint density at radius 1 is 1.05 bits per heavy atom. The predicted octanol–water partition coefficient (Wildman–Crippen LogP) is 3.52. The third-order valence-electron chi connectivity index (χ3n) is 3.49. The molecule has 0 amide bonds. The fourth-order valence-corrected chi connectivity index (χ4v) is 2.57. The molecule has 6 heteroatoms. The number of nitrogens with two attached hydrogens (primary N) is 1. The predicted molar refractivity (Wildman–Crippen MR) is 83.4 cm³/mol. The number of hydrogen-bond acceptors (Lipinski definition) is 4. The highest BCUT2D eigenvalue weighted by atomic mass is 35.5. The molecule has 0 saturated heterocycles. The average molecular weight is 309 g/mol. The zero-order valence-corrected chi connectivity index (χ0v) is 12.0. The van der Waals surface area contributed by atoms with Gasteiger partial charge in [-0.2, -0.15) is 15.3 Å². The van der Waals surface area contributed by atoms with E-state index >= 15 is 0 Å². The van der Waals surface area contributed by atoms with Crippen molar-refractivity contribution in [2.24, 2.45) is 0 Å². The van der Waals surface area contributed by atoms with Gasteiger partial charge in [0.1, 0.15) is 18.0 Å². The third kappa shape index (κ3) is 1.93. The first-order valence-corrected chi connectivity index (χ1v) is 6.68. The Kier molecular flexibility index (Phi) is 3.14. The summed E-state index contributed by atoms with van der Waals surface area (Å²) in [7, 11) is 0. The lowest BCUT2D eigenvalue weighted by Crippen LogP contribution is -1.98. The summed E-state index contributed by atoms with van der Waals surface area (Å²) in [4.78, 5) is 0. The zero-order valence-electron chi connectivity index (χ0n) is 11.2. The molecule has 2 aromatic carbocycles. The minimum atomic E-state index is 0.135. The number of halogens is 1. The molecule has 1 aromatic heterocycles. The second-order valence-electron chi connectivity index (χ2n) is 4.72. The standard InChI is InChI=1S/C16H9ClN4O/c17-12-3-1-9(2-4-12)15-13-5-10(7-18)11(8-19)6-14(13)21(22)16(15)20/h1-6,22H,20H2. The van der Waals surface area contributed by atoms with Gasteiger partial charge in [0.2, 0.25) is 0 Å². The summed E-state index contributed by atoms with van der Waals surface area (Å²) in [6, 6.07) is 13.9. The number of anilines is 1. The Morgan fingerprint density at radius 2 is 1.64 bits per heavy atom. The van der Waals surface area contributed by atoms with Gasteiger partial charge in [-0.15, -0.1) is 0 Å². The van der Waals surface area contributed by atoms with Crippen LogP contribution < -0.4 is 5.73 Å². The molecule has 106 valence electrons. The second kappa shape index (κ2) is 5.00. The zero-order chi connectivity index (χ0) is 15.9. The van der Waals surface area contributed by atoms with E-state index in [2.05, 4.69) is 0 Å². The number of nitrogens with zero attached hydrogens (tertiary/aromatic N) is 3. The van der Waals surface area contributed by atoms with Crippen LogP contribution in [-0.4, -0.2) is 9.94 Å². The van der Waals surface area contributed by atoms with E-state index in [1.807, 2.05) is 12.1 Å². The van der Waals surface area contributed by atoms with Crippen LogP contribution in [0.25, 0.3) is 22.0 Å². The SMILES string of the molecule is N#Cc1cc2c(-c3ccc(Cl)cc3)c(N)n(O)c2cc1C#N. The fourth-order valence-electron chi connectivity index (χ4n) is 2.44. The normalized spacial score (nSPS) is 10.3.